The number of hydrogen-bond acceptors (Lipinski definition) is 2. The summed E-state index contributed by atoms with van der Waals surface area (Å²) < 4.78 is 0. The van der Waals surface area contributed by atoms with Crippen LogP contribution in [0.15, 0.2) is 12.3 Å². The molecule has 1 fully saturated rings. The lowest BCUT2D eigenvalue weighted by atomic mass is 10.1. The van der Waals surface area contributed by atoms with Gasteiger partial charge < -0.3 is 5.32 Å². The molecule has 2 rings (SSSR count). The van der Waals surface area contributed by atoms with Gasteiger partial charge in [-0.05, 0) is 43.9 Å². The van der Waals surface area contributed by atoms with Crippen LogP contribution in [0.4, 0.5) is 0 Å². The highest BCUT2D eigenvalue weighted by Gasteiger charge is 2.17. The Kier molecular flexibility index (Phi) is 3.77. The topological polar surface area (TPSA) is 42.0 Å². The third-order valence-electron chi connectivity index (χ3n) is 3.42. The zero-order valence-electron chi connectivity index (χ0n) is 10.6. The van der Waals surface area contributed by atoms with Crippen molar-refractivity contribution in [3.8, 4) is 0 Å². The molecule has 92 valence electrons. The minimum atomic E-state index is 0.144. The van der Waals surface area contributed by atoms with Gasteiger partial charge in [-0.1, -0.05) is 12.8 Å². The maximum atomic E-state index is 11.9. The quantitative estimate of drug-likeness (QED) is 0.869. The van der Waals surface area contributed by atoms with E-state index in [0.29, 0.717) is 12.5 Å². The van der Waals surface area contributed by atoms with Crippen LogP contribution in [-0.2, 0) is 11.2 Å². The largest absolute Gasteiger partial charge is 0.353 e. The Balaban J connectivity index is 1.95. The Bertz CT molecular complexity index is 409. The van der Waals surface area contributed by atoms with E-state index in [1.165, 1.54) is 12.8 Å². The maximum Gasteiger partial charge on any atom is 0.224 e. The van der Waals surface area contributed by atoms with Crippen molar-refractivity contribution in [1.29, 1.82) is 0 Å². The molecule has 1 amide bonds. The summed E-state index contributed by atoms with van der Waals surface area (Å²) >= 11 is 0. The normalized spacial score (nSPS) is 16.1. The maximum absolute atomic E-state index is 11.9. The third-order valence-corrected chi connectivity index (χ3v) is 3.42. The van der Waals surface area contributed by atoms with Crippen LogP contribution in [0, 0.1) is 13.8 Å². The summed E-state index contributed by atoms with van der Waals surface area (Å²) in [4.78, 5) is 16.1. The molecule has 1 N–H and O–H groups in total. The summed E-state index contributed by atoms with van der Waals surface area (Å²) in [6.45, 7) is 3.96. The van der Waals surface area contributed by atoms with Crippen molar-refractivity contribution in [2.24, 2.45) is 0 Å². The van der Waals surface area contributed by atoms with E-state index in [9.17, 15) is 4.79 Å². The molecule has 0 aliphatic heterocycles. The molecule has 0 saturated heterocycles. The zero-order chi connectivity index (χ0) is 12.3. The van der Waals surface area contributed by atoms with Crippen molar-refractivity contribution in [1.82, 2.24) is 10.3 Å². The molecule has 1 aliphatic rings. The molecule has 1 aliphatic carbocycles. The van der Waals surface area contributed by atoms with Gasteiger partial charge >= 0.3 is 0 Å². The zero-order valence-corrected chi connectivity index (χ0v) is 10.6. The molecule has 0 aromatic carbocycles. The van der Waals surface area contributed by atoms with Gasteiger partial charge in [0.15, 0.2) is 0 Å². The first kappa shape index (κ1) is 12.1. The number of nitrogens with zero attached hydrogens (tertiary/aromatic N) is 1. The van der Waals surface area contributed by atoms with E-state index in [0.717, 1.165) is 29.7 Å². The summed E-state index contributed by atoms with van der Waals surface area (Å²) in [6.07, 6.45) is 7.09. The fraction of sp³-hybridized carbons (Fsp3) is 0.571. The molecule has 0 bridgehead atoms. The highest BCUT2D eigenvalue weighted by Crippen LogP contribution is 2.18. The number of amides is 1. The first-order valence-electron chi connectivity index (χ1n) is 6.36. The Morgan fingerprint density at radius 2 is 2.12 bits per heavy atom. The predicted octanol–water partition coefficient (Wildman–Crippen LogP) is 2.30. The Morgan fingerprint density at radius 3 is 2.82 bits per heavy atom. The molecule has 0 radical (unpaired) electrons. The van der Waals surface area contributed by atoms with E-state index in [-0.39, 0.29) is 5.91 Å². The van der Waals surface area contributed by atoms with Crippen LogP contribution in [0.25, 0.3) is 0 Å². The van der Waals surface area contributed by atoms with Crippen molar-refractivity contribution in [3.63, 3.8) is 0 Å². The van der Waals surface area contributed by atoms with Gasteiger partial charge in [0.25, 0.3) is 0 Å². The number of nitrogens with one attached hydrogen (secondary N) is 1. The van der Waals surface area contributed by atoms with Gasteiger partial charge in [-0.2, -0.15) is 0 Å². The van der Waals surface area contributed by atoms with Crippen molar-refractivity contribution in [2.45, 2.75) is 52.0 Å². The van der Waals surface area contributed by atoms with Gasteiger partial charge in [-0.15, -0.1) is 0 Å². The lowest BCUT2D eigenvalue weighted by Gasteiger charge is -2.12. The van der Waals surface area contributed by atoms with E-state index in [2.05, 4.69) is 10.3 Å². The first-order chi connectivity index (χ1) is 8.15. The van der Waals surface area contributed by atoms with E-state index >= 15 is 0 Å². The van der Waals surface area contributed by atoms with Gasteiger partial charge in [-0.3, -0.25) is 9.78 Å². The Labute approximate surface area is 103 Å². The monoisotopic (exact) mass is 232 g/mol. The third kappa shape index (κ3) is 3.29. The minimum Gasteiger partial charge on any atom is -0.353 e. The van der Waals surface area contributed by atoms with E-state index in [1.807, 2.05) is 26.1 Å². The van der Waals surface area contributed by atoms with Crippen LogP contribution in [0.3, 0.4) is 0 Å². The second-order valence-corrected chi connectivity index (χ2v) is 4.98. The molecule has 1 heterocycles. The van der Waals surface area contributed by atoms with Crippen LogP contribution in [0.2, 0.25) is 0 Å². The smallest absolute Gasteiger partial charge is 0.224 e. The molecule has 1 aromatic heterocycles. The lowest BCUT2D eigenvalue weighted by molar-refractivity contribution is -0.121. The van der Waals surface area contributed by atoms with Gasteiger partial charge in [0, 0.05) is 17.9 Å². The summed E-state index contributed by atoms with van der Waals surface area (Å²) in [5.41, 5.74) is 3.16. The number of carbonyl (C=O) groups is 1. The molecule has 3 nitrogen and oxygen atoms in total. The number of aryl methyl sites for hydroxylation is 2. The average Bonchev–Trinajstić information content (AvgIpc) is 2.76. The lowest BCUT2D eigenvalue weighted by Crippen LogP contribution is -2.33. The average molecular weight is 232 g/mol. The van der Waals surface area contributed by atoms with E-state index in [1.54, 1.807) is 0 Å². The van der Waals surface area contributed by atoms with Gasteiger partial charge in [0.2, 0.25) is 5.91 Å². The van der Waals surface area contributed by atoms with Crippen LogP contribution >= 0.6 is 0 Å². The Morgan fingerprint density at radius 1 is 1.41 bits per heavy atom. The predicted molar refractivity (Wildman–Crippen MR) is 67.8 cm³/mol. The van der Waals surface area contributed by atoms with Crippen molar-refractivity contribution >= 4 is 5.91 Å². The fourth-order valence-corrected chi connectivity index (χ4v) is 2.40. The highest BCUT2D eigenvalue weighted by atomic mass is 16.1. The van der Waals surface area contributed by atoms with Crippen molar-refractivity contribution in [2.75, 3.05) is 0 Å². The molecular formula is C14H20N2O. The van der Waals surface area contributed by atoms with Crippen LogP contribution in [0.1, 0.15) is 42.5 Å². The molecule has 1 aromatic rings. The number of rotatable bonds is 3. The number of hydrogen-bond donors (Lipinski definition) is 1. The van der Waals surface area contributed by atoms with Crippen LogP contribution < -0.4 is 5.32 Å². The molecule has 17 heavy (non-hydrogen) atoms. The summed E-state index contributed by atoms with van der Waals surface area (Å²) in [5, 5.41) is 3.11. The molecule has 0 unspecified atom stereocenters. The van der Waals surface area contributed by atoms with E-state index in [4.69, 9.17) is 0 Å². The molecule has 1 saturated carbocycles. The van der Waals surface area contributed by atoms with E-state index < -0.39 is 0 Å². The molecule has 0 atom stereocenters. The molecule has 0 spiro atoms. The number of aromatic nitrogens is 1. The molecular weight excluding hydrogens is 212 g/mol. The van der Waals surface area contributed by atoms with Crippen LogP contribution in [0.5, 0.6) is 0 Å². The Hall–Kier alpha value is -1.38. The summed E-state index contributed by atoms with van der Waals surface area (Å²) in [7, 11) is 0. The standard InChI is InChI=1S/C14H20N2O/c1-10-9-15-11(2)7-12(10)8-14(17)16-13-5-3-4-6-13/h7,9,13H,3-6,8H2,1-2H3,(H,16,17). The minimum absolute atomic E-state index is 0.144. The summed E-state index contributed by atoms with van der Waals surface area (Å²) in [6, 6.07) is 2.41. The van der Waals surface area contributed by atoms with Gasteiger partial charge in [0.1, 0.15) is 0 Å². The van der Waals surface area contributed by atoms with Crippen LogP contribution in [-0.4, -0.2) is 16.9 Å². The van der Waals surface area contributed by atoms with Gasteiger partial charge in [-0.25, -0.2) is 0 Å². The van der Waals surface area contributed by atoms with Crippen molar-refractivity contribution in [3.05, 3.63) is 29.1 Å². The second-order valence-electron chi connectivity index (χ2n) is 4.98. The van der Waals surface area contributed by atoms with Crippen molar-refractivity contribution < 1.29 is 4.79 Å². The second kappa shape index (κ2) is 5.30. The SMILES string of the molecule is Cc1cc(CC(=O)NC2CCCC2)c(C)cn1. The number of carbonyl (C=O) groups excluding carboxylic acids is 1. The summed E-state index contributed by atoms with van der Waals surface area (Å²) in [5.74, 6) is 0.144. The van der Waals surface area contributed by atoms with Gasteiger partial charge in [0.05, 0.1) is 6.42 Å². The number of pyridine rings is 1. The first-order valence-corrected chi connectivity index (χ1v) is 6.36. The molecule has 3 heteroatoms. The highest BCUT2D eigenvalue weighted by molar-refractivity contribution is 5.79. The fourth-order valence-electron chi connectivity index (χ4n) is 2.40.